The largest absolute Gasteiger partial charge is 0.380 e. The van der Waals surface area contributed by atoms with Crippen molar-refractivity contribution in [2.75, 3.05) is 13.1 Å². The van der Waals surface area contributed by atoms with E-state index in [-0.39, 0.29) is 23.9 Å². The number of nitrogens with zero attached hydrogens (tertiary/aromatic N) is 4. The van der Waals surface area contributed by atoms with Gasteiger partial charge >= 0.3 is 0 Å². The Morgan fingerprint density at radius 1 is 0.636 bits per heavy atom. The molecule has 0 bridgehead atoms. The first kappa shape index (κ1) is 27.3. The fraction of sp³-hybridized carbons (Fsp3) is 0.412. The summed E-state index contributed by atoms with van der Waals surface area (Å²) >= 11 is 0. The number of nitrogens with one attached hydrogen (secondary N) is 2. The molecule has 2 atom stereocenters. The second-order valence-electron chi connectivity index (χ2n) is 12.9. The number of hydrogen-bond donors (Lipinski definition) is 4. The lowest BCUT2D eigenvalue weighted by Crippen LogP contribution is -2.40. The van der Waals surface area contributed by atoms with Crippen molar-refractivity contribution < 1.29 is 19.8 Å². The molecule has 4 fully saturated rings. The molecule has 4 heterocycles. The maximum atomic E-state index is 12.8. The Labute approximate surface area is 255 Å². The van der Waals surface area contributed by atoms with Gasteiger partial charge in [0, 0.05) is 13.1 Å². The second-order valence-corrected chi connectivity index (χ2v) is 12.9. The summed E-state index contributed by atoms with van der Waals surface area (Å²) in [5.74, 6) is 1.21. The molecule has 226 valence electrons. The van der Waals surface area contributed by atoms with Crippen LogP contribution in [0.2, 0.25) is 0 Å². The zero-order valence-corrected chi connectivity index (χ0v) is 24.5. The third-order valence-corrected chi connectivity index (χ3v) is 9.82. The van der Waals surface area contributed by atoms with E-state index in [4.69, 9.17) is 0 Å². The topological polar surface area (TPSA) is 138 Å². The van der Waals surface area contributed by atoms with E-state index in [1.807, 2.05) is 12.4 Å². The molecule has 2 amide bonds. The van der Waals surface area contributed by atoms with Gasteiger partial charge in [-0.05, 0) is 73.6 Å². The molecule has 0 spiro atoms. The average molecular weight is 593 g/mol. The summed E-state index contributed by atoms with van der Waals surface area (Å²) < 4.78 is 0. The number of carbonyl (C=O) groups is 2. The fourth-order valence-corrected chi connectivity index (χ4v) is 6.78. The van der Waals surface area contributed by atoms with Gasteiger partial charge in [-0.25, -0.2) is 9.97 Å². The first-order valence-electron chi connectivity index (χ1n) is 15.7. The normalized spacial score (nSPS) is 23.2. The van der Waals surface area contributed by atoms with E-state index in [1.165, 1.54) is 0 Å². The minimum absolute atomic E-state index is 0.125. The number of rotatable bonds is 7. The molecular formula is C34H36N6O4. The van der Waals surface area contributed by atoms with Crippen LogP contribution in [0.5, 0.6) is 0 Å². The molecule has 2 aliphatic heterocycles. The van der Waals surface area contributed by atoms with E-state index >= 15 is 0 Å². The predicted octanol–water partition coefficient (Wildman–Crippen LogP) is 4.51. The van der Waals surface area contributed by atoms with Crippen molar-refractivity contribution in [3.63, 3.8) is 0 Å². The highest BCUT2D eigenvalue weighted by atomic mass is 16.3. The minimum Gasteiger partial charge on any atom is -0.380 e. The Bertz CT molecular complexity index is 1590. The number of aliphatic hydroxyl groups is 2. The van der Waals surface area contributed by atoms with E-state index in [1.54, 1.807) is 9.80 Å². The van der Waals surface area contributed by atoms with Gasteiger partial charge in [0.25, 0.3) is 11.8 Å². The van der Waals surface area contributed by atoms with Crippen molar-refractivity contribution in [2.45, 2.75) is 74.7 Å². The van der Waals surface area contributed by atoms with Gasteiger partial charge in [-0.15, -0.1) is 0 Å². The van der Waals surface area contributed by atoms with Gasteiger partial charge in [0.1, 0.15) is 22.9 Å². The van der Waals surface area contributed by atoms with Crippen molar-refractivity contribution in [2.24, 2.45) is 0 Å². The maximum absolute atomic E-state index is 12.8. The lowest BCUT2D eigenvalue weighted by Gasteiger charge is -2.25. The van der Waals surface area contributed by atoms with E-state index in [0.717, 1.165) is 71.0 Å². The summed E-state index contributed by atoms with van der Waals surface area (Å²) in [5, 5.41) is 20.7. The quantitative estimate of drug-likeness (QED) is 0.249. The Morgan fingerprint density at radius 3 is 1.36 bits per heavy atom. The van der Waals surface area contributed by atoms with Crippen LogP contribution >= 0.6 is 0 Å². The first-order chi connectivity index (χ1) is 21.3. The van der Waals surface area contributed by atoms with Crippen LogP contribution in [0.15, 0.2) is 60.9 Å². The number of carbonyl (C=O) groups excluding carboxylic acids is 2. The Balaban J connectivity index is 0.944. The molecule has 2 aliphatic carbocycles. The lowest BCUT2D eigenvalue weighted by molar-refractivity contribution is -0.144. The Kier molecular flexibility index (Phi) is 6.29. The standard InChI is InChI=1S/C34H36N6O4/c41-31(33(43)13-14-33)39-17-1-3-27(39)29-35-19-25(37-29)23-9-5-21(6-10-23)22-7-11-24(12-8-22)26-20-36-30(38-26)28-4-2-18-40(28)32(42)34(44)15-16-34/h5-12,19-20,27-28,43-44H,1-4,13-18H2,(H,35,37)(H,36,38)/t27-,28-/m0/s1. The van der Waals surface area contributed by atoms with E-state index in [0.29, 0.717) is 38.8 Å². The summed E-state index contributed by atoms with van der Waals surface area (Å²) in [6, 6.07) is 16.4. The molecule has 4 N–H and O–H groups in total. The number of H-pyrrole nitrogens is 2. The van der Waals surface area contributed by atoms with Gasteiger partial charge in [0.2, 0.25) is 0 Å². The molecule has 4 aromatic rings. The van der Waals surface area contributed by atoms with E-state index in [9.17, 15) is 19.8 Å². The molecule has 2 aromatic carbocycles. The summed E-state index contributed by atoms with van der Waals surface area (Å²) in [7, 11) is 0. The van der Waals surface area contributed by atoms with Crippen molar-refractivity contribution >= 4 is 11.8 Å². The number of likely N-dealkylation sites (tertiary alicyclic amines) is 2. The number of hydrogen-bond acceptors (Lipinski definition) is 6. The monoisotopic (exact) mass is 592 g/mol. The SMILES string of the molecule is O=C(N1CCC[C@H]1c1ncc(-c2ccc(-c3ccc(-c4cnc([C@@H]5CCCN5C(=O)C5(O)CC5)[nH]4)cc3)cc2)[nH]1)C1(O)CC1. The average Bonchev–Trinajstić information content (AvgIpc) is 3.60. The van der Waals surface area contributed by atoms with Crippen molar-refractivity contribution in [3.8, 4) is 33.6 Å². The van der Waals surface area contributed by atoms with Crippen LogP contribution in [-0.4, -0.2) is 76.1 Å². The van der Waals surface area contributed by atoms with Crippen LogP contribution in [-0.2, 0) is 9.59 Å². The summed E-state index contributed by atoms with van der Waals surface area (Å²) in [5.41, 5.74) is 3.69. The number of imidazole rings is 2. The summed E-state index contributed by atoms with van der Waals surface area (Å²) in [6.07, 6.45) is 9.32. The first-order valence-corrected chi connectivity index (χ1v) is 15.7. The van der Waals surface area contributed by atoms with Crippen molar-refractivity contribution in [3.05, 3.63) is 72.6 Å². The number of aromatic amines is 2. The maximum Gasteiger partial charge on any atom is 0.255 e. The molecule has 10 heteroatoms. The predicted molar refractivity (Wildman–Crippen MR) is 163 cm³/mol. The molecule has 8 rings (SSSR count). The number of benzene rings is 2. The fourth-order valence-electron chi connectivity index (χ4n) is 6.78. The summed E-state index contributed by atoms with van der Waals surface area (Å²) in [6.45, 7) is 1.31. The molecule has 2 saturated heterocycles. The molecule has 2 saturated carbocycles. The highest BCUT2D eigenvalue weighted by Gasteiger charge is 2.53. The van der Waals surface area contributed by atoms with Gasteiger partial charge in [0.15, 0.2) is 0 Å². The van der Waals surface area contributed by atoms with Crippen LogP contribution in [0.25, 0.3) is 33.6 Å². The highest BCUT2D eigenvalue weighted by Crippen LogP contribution is 2.43. The summed E-state index contributed by atoms with van der Waals surface area (Å²) in [4.78, 5) is 45.2. The van der Waals surface area contributed by atoms with Crippen molar-refractivity contribution in [1.82, 2.24) is 29.7 Å². The number of aromatic nitrogens is 4. The Hall–Kier alpha value is -4.28. The number of amides is 2. The zero-order chi connectivity index (χ0) is 30.1. The van der Waals surface area contributed by atoms with E-state index in [2.05, 4.69) is 68.5 Å². The highest BCUT2D eigenvalue weighted by molar-refractivity contribution is 5.89. The molecule has 44 heavy (non-hydrogen) atoms. The molecule has 2 aromatic heterocycles. The van der Waals surface area contributed by atoms with Crippen LogP contribution < -0.4 is 0 Å². The van der Waals surface area contributed by atoms with Gasteiger partial charge in [-0.2, -0.15) is 0 Å². The molecular weight excluding hydrogens is 556 g/mol. The molecule has 0 unspecified atom stereocenters. The van der Waals surface area contributed by atoms with Crippen LogP contribution in [0.4, 0.5) is 0 Å². The minimum atomic E-state index is -1.16. The van der Waals surface area contributed by atoms with Gasteiger partial charge in [-0.1, -0.05) is 48.5 Å². The van der Waals surface area contributed by atoms with Gasteiger partial charge in [-0.3, -0.25) is 9.59 Å². The molecule has 0 radical (unpaired) electrons. The smallest absolute Gasteiger partial charge is 0.255 e. The van der Waals surface area contributed by atoms with Gasteiger partial charge < -0.3 is 30.0 Å². The lowest BCUT2D eigenvalue weighted by atomic mass is 10.0. The second kappa shape index (κ2) is 10.1. The Morgan fingerprint density at radius 2 is 1.00 bits per heavy atom. The van der Waals surface area contributed by atoms with Crippen LogP contribution in [0.3, 0.4) is 0 Å². The van der Waals surface area contributed by atoms with Crippen LogP contribution in [0.1, 0.15) is 75.1 Å². The molecule has 4 aliphatic rings. The van der Waals surface area contributed by atoms with Crippen molar-refractivity contribution in [1.29, 1.82) is 0 Å². The van der Waals surface area contributed by atoms with Gasteiger partial charge in [0.05, 0.1) is 35.9 Å². The molecule has 10 nitrogen and oxygen atoms in total. The third kappa shape index (κ3) is 4.73. The van der Waals surface area contributed by atoms with Crippen LogP contribution in [0, 0.1) is 0 Å². The zero-order valence-electron chi connectivity index (χ0n) is 24.5. The third-order valence-electron chi connectivity index (χ3n) is 9.82. The van der Waals surface area contributed by atoms with E-state index < -0.39 is 11.2 Å².